The molecule has 0 aliphatic rings. The highest BCUT2D eigenvalue weighted by Crippen LogP contribution is 2.05. The van der Waals surface area contributed by atoms with Gasteiger partial charge in [-0.3, -0.25) is 0 Å². The molecule has 0 bridgehead atoms. The Morgan fingerprint density at radius 3 is 2.55 bits per heavy atom. The van der Waals surface area contributed by atoms with Crippen LogP contribution in [-0.4, -0.2) is 0 Å². The average Bonchev–Trinajstić information content (AvgIpc) is 2.30. The SMILES string of the molecule is C=c1oc2ccccc2c1=C. The summed E-state index contributed by atoms with van der Waals surface area (Å²) in [4.78, 5) is 0. The van der Waals surface area contributed by atoms with E-state index in [4.69, 9.17) is 4.42 Å². The fourth-order valence-corrected chi connectivity index (χ4v) is 1.15. The smallest absolute Gasteiger partial charge is 0.135 e. The van der Waals surface area contributed by atoms with Crippen molar-refractivity contribution in [3.05, 3.63) is 34.9 Å². The monoisotopic (exact) mass is 144 g/mol. The molecule has 11 heavy (non-hydrogen) atoms. The van der Waals surface area contributed by atoms with Crippen LogP contribution in [0.2, 0.25) is 0 Å². The zero-order valence-electron chi connectivity index (χ0n) is 6.13. The Morgan fingerprint density at radius 2 is 1.82 bits per heavy atom. The molecule has 1 aromatic carbocycles. The van der Waals surface area contributed by atoms with E-state index in [-0.39, 0.29) is 0 Å². The molecule has 54 valence electrons. The van der Waals surface area contributed by atoms with Crippen LogP contribution in [0.3, 0.4) is 0 Å². The van der Waals surface area contributed by atoms with Crippen LogP contribution in [0.5, 0.6) is 0 Å². The van der Waals surface area contributed by atoms with Crippen LogP contribution in [0, 0.1) is 0 Å². The van der Waals surface area contributed by atoms with Crippen molar-refractivity contribution >= 4 is 24.1 Å². The quantitative estimate of drug-likeness (QED) is 0.542. The lowest BCUT2D eigenvalue weighted by molar-refractivity contribution is 0.577. The number of hydrogen-bond donors (Lipinski definition) is 0. The number of para-hydroxylation sites is 1. The summed E-state index contributed by atoms with van der Waals surface area (Å²) < 4.78 is 5.33. The highest BCUT2D eigenvalue weighted by Gasteiger charge is 1.96. The Labute approximate surface area is 64.3 Å². The first kappa shape index (κ1) is 6.23. The van der Waals surface area contributed by atoms with Crippen molar-refractivity contribution in [2.24, 2.45) is 0 Å². The lowest BCUT2D eigenvalue weighted by Gasteiger charge is -1.82. The Balaban J connectivity index is 3.17. The number of hydrogen-bond acceptors (Lipinski definition) is 1. The van der Waals surface area contributed by atoms with E-state index in [1.54, 1.807) is 0 Å². The molecule has 1 heterocycles. The molecule has 1 heteroatoms. The maximum Gasteiger partial charge on any atom is 0.135 e. The molecule has 0 saturated carbocycles. The summed E-state index contributed by atoms with van der Waals surface area (Å²) in [6.07, 6.45) is 0. The average molecular weight is 144 g/mol. The molecule has 1 nitrogen and oxygen atoms in total. The van der Waals surface area contributed by atoms with Crippen molar-refractivity contribution < 1.29 is 4.42 Å². The number of benzene rings is 1. The standard InChI is InChI=1S/C10H8O/c1-7-8(2)11-10-6-4-3-5-9(7)10/h3-6H,1-2H2. The van der Waals surface area contributed by atoms with Crippen LogP contribution in [-0.2, 0) is 0 Å². The van der Waals surface area contributed by atoms with Crippen LogP contribution in [0.25, 0.3) is 24.1 Å². The van der Waals surface area contributed by atoms with Crippen molar-refractivity contribution in [2.75, 3.05) is 0 Å². The van der Waals surface area contributed by atoms with Gasteiger partial charge < -0.3 is 4.42 Å². The van der Waals surface area contributed by atoms with Gasteiger partial charge in [0.2, 0.25) is 0 Å². The van der Waals surface area contributed by atoms with Crippen LogP contribution in [0.15, 0.2) is 28.7 Å². The molecular weight excluding hydrogens is 136 g/mol. The molecule has 0 aliphatic carbocycles. The summed E-state index contributed by atoms with van der Waals surface area (Å²) in [6.45, 7) is 7.58. The molecular formula is C10H8O. The maximum absolute atomic E-state index is 5.33. The highest BCUT2D eigenvalue weighted by atomic mass is 16.3. The van der Waals surface area contributed by atoms with E-state index < -0.39 is 0 Å². The third kappa shape index (κ3) is 0.777. The van der Waals surface area contributed by atoms with Crippen molar-refractivity contribution in [3.63, 3.8) is 0 Å². The molecule has 0 aliphatic heterocycles. The van der Waals surface area contributed by atoms with Gasteiger partial charge in [0.05, 0.1) is 0 Å². The van der Waals surface area contributed by atoms with Crippen LogP contribution < -0.4 is 10.6 Å². The molecule has 2 rings (SSSR count). The summed E-state index contributed by atoms with van der Waals surface area (Å²) in [6, 6.07) is 7.80. The van der Waals surface area contributed by atoms with Crippen LogP contribution in [0.1, 0.15) is 0 Å². The molecule has 2 aromatic rings. The highest BCUT2D eigenvalue weighted by molar-refractivity contribution is 5.77. The Bertz CT molecular complexity index is 479. The molecule has 0 saturated heterocycles. The van der Waals surface area contributed by atoms with Gasteiger partial charge in [-0.05, 0) is 6.07 Å². The maximum atomic E-state index is 5.33. The molecule has 0 spiro atoms. The van der Waals surface area contributed by atoms with Gasteiger partial charge in [-0.15, -0.1) is 0 Å². The molecule has 0 radical (unpaired) electrons. The minimum atomic E-state index is 0.659. The lowest BCUT2D eigenvalue weighted by atomic mass is 10.2. The second-order valence-electron chi connectivity index (χ2n) is 2.50. The van der Waals surface area contributed by atoms with Gasteiger partial charge in [-0.2, -0.15) is 0 Å². The van der Waals surface area contributed by atoms with Crippen LogP contribution >= 0.6 is 0 Å². The molecule has 0 amide bonds. The van der Waals surface area contributed by atoms with Crippen molar-refractivity contribution in [2.45, 2.75) is 0 Å². The minimum Gasteiger partial charge on any atom is -0.457 e. The van der Waals surface area contributed by atoms with Crippen molar-refractivity contribution in [1.82, 2.24) is 0 Å². The van der Waals surface area contributed by atoms with Crippen molar-refractivity contribution in [3.8, 4) is 0 Å². The third-order valence-corrected chi connectivity index (χ3v) is 1.78. The van der Waals surface area contributed by atoms with E-state index in [2.05, 4.69) is 13.2 Å². The second kappa shape index (κ2) is 1.99. The first-order chi connectivity index (χ1) is 5.29. The van der Waals surface area contributed by atoms with Gasteiger partial charge in [-0.1, -0.05) is 31.4 Å². The van der Waals surface area contributed by atoms with E-state index in [9.17, 15) is 0 Å². The van der Waals surface area contributed by atoms with Gasteiger partial charge in [0.25, 0.3) is 0 Å². The zero-order chi connectivity index (χ0) is 7.84. The Hall–Kier alpha value is -1.50. The zero-order valence-corrected chi connectivity index (χ0v) is 6.13. The predicted molar refractivity (Wildman–Crippen MR) is 46.5 cm³/mol. The Kier molecular flexibility index (Phi) is 1.13. The van der Waals surface area contributed by atoms with E-state index in [1.165, 1.54) is 0 Å². The lowest BCUT2D eigenvalue weighted by Crippen LogP contribution is -2.15. The molecule has 0 unspecified atom stereocenters. The first-order valence-electron chi connectivity index (χ1n) is 3.44. The van der Waals surface area contributed by atoms with Gasteiger partial charge in [0.15, 0.2) is 0 Å². The Morgan fingerprint density at radius 1 is 1.09 bits per heavy atom. The van der Waals surface area contributed by atoms with Gasteiger partial charge in [-0.25, -0.2) is 0 Å². The van der Waals surface area contributed by atoms with Crippen molar-refractivity contribution in [1.29, 1.82) is 0 Å². The van der Waals surface area contributed by atoms with Gasteiger partial charge in [0, 0.05) is 10.6 Å². The number of rotatable bonds is 0. The van der Waals surface area contributed by atoms with E-state index in [0.29, 0.717) is 5.42 Å². The summed E-state index contributed by atoms with van der Waals surface area (Å²) in [5, 5.41) is 1.94. The number of furan rings is 1. The largest absolute Gasteiger partial charge is 0.457 e. The molecule has 1 aromatic heterocycles. The van der Waals surface area contributed by atoms with E-state index >= 15 is 0 Å². The third-order valence-electron chi connectivity index (χ3n) is 1.78. The van der Waals surface area contributed by atoms with Gasteiger partial charge >= 0.3 is 0 Å². The molecule has 0 atom stereocenters. The topological polar surface area (TPSA) is 13.1 Å². The summed E-state index contributed by atoms with van der Waals surface area (Å²) >= 11 is 0. The molecule has 0 N–H and O–H groups in total. The second-order valence-corrected chi connectivity index (χ2v) is 2.50. The predicted octanol–water partition coefficient (Wildman–Crippen LogP) is 1.25. The normalized spacial score (nSPS) is 10.5. The summed E-state index contributed by atoms with van der Waals surface area (Å²) in [5.74, 6) is 0. The summed E-state index contributed by atoms with van der Waals surface area (Å²) in [5.41, 5.74) is 1.52. The molecule has 0 fully saturated rings. The number of fused-ring (bicyclic) bond motifs is 1. The first-order valence-corrected chi connectivity index (χ1v) is 3.44. The van der Waals surface area contributed by atoms with E-state index in [0.717, 1.165) is 16.2 Å². The fourth-order valence-electron chi connectivity index (χ4n) is 1.15. The van der Waals surface area contributed by atoms with Crippen LogP contribution in [0.4, 0.5) is 0 Å². The summed E-state index contributed by atoms with van der Waals surface area (Å²) in [7, 11) is 0. The van der Waals surface area contributed by atoms with E-state index in [1.807, 2.05) is 24.3 Å². The minimum absolute atomic E-state index is 0.659. The van der Waals surface area contributed by atoms with Gasteiger partial charge in [0.1, 0.15) is 11.0 Å². The fraction of sp³-hybridized carbons (Fsp3) is 0.